The van der Waals surface area contributed by atoms with Gasteiger partial charge in [0, 0.05) is 24.2 Å². The first-order chi connectivity index (χ1) is 11.6. The van der Waals surface area contributed by atoms with Gasteiger partial charge in [0.2, 0.25) is 0 Å². The van der Waals surface area contributed by atoms with Gasteiger partial charge in [0.15, 0.2) is 6.61 Å². The molecule has 0 radical (unpaired) electrons. The molecule has 2 aromatic heterocycles. The molecule has 0 N–H and O–H groups in total. The van der Waals surface area contributed by atoms with Gasteiger partial charge in [-0.1, -0.05) is 23.4 Å². The van der Waals surface area contributed by atoms with E-state index >= 15 is 0 Å². The zero-order chi connectivity index (χ0) is 17.4. The van der Waals surface area contributed by atoms with Gasteiger partial charge in [-0.2, -0.15) is 0 Å². The normalized spacial score (nSPS) is 9.58. The van der Waals surface area contributed by atoms with Crippen LogP contribution >= 0.6 is 11.6 Å². The van der Waals surface area contributed by atoms with Crippen LogP contribution in [0.5, 0.6) is 0 Å². The summed E-state index contributed by atoms with van der Waals surface area (Å²) in [5, 5.41) is 0.431. The van der Waals surface area contributed by atoms with Gasteiger partial charge in [-0.25, -0.2) is 14.6 Å². The number of carbonyl (C=O) groups excluding carboxylic acids is 2. The van der Waals surface area contributed by atoms with Crippen LogP contribution < -0.4 is 0 Å². The van der Waals surface area contributed by atoms with Crippen molar-refractivity contribution in [2.45, 2.75) is 6.92 Å². The van der Waals surface area contributed by atoms with E-state index in [2.05, 4.69) is 21.8 Å². The quantitative estimate of drug-likeness (QED) is 0.626. The number of carbonyl (C=O) groups is 2. The third-order valence-corrected chi connectivity index (χ3v) is 2.92. The second kappa shape index (κ2) is 8.65. The van der Waals surface area contributed by atoms with Gasteiger partial charge in [-0.3, -0.25) is 4.98 Å². The van der Waals surface area contributed by atoms with Crippen molar-refractivity contribution in [2.24, 2.45) is 0 Å². The Kier molecular flexibility index (Phi) is 6.29. The van der Waals surface area contributed by atoms with E-state index in [9.17, 15) is 9.59 Å². The Balaban J connectivity index is 1.93. The first-order valence-electron chi connectivity index (χ1n) is 7.00. The number of ether oxygens (including phenoxy) is 2. The summed E-state index contributed by atoms with van der Waals surface area (Å²) in [6.07, 6.45) is 4.25. The van der Waals surface area contributed by atoms with Crippen molar-refractivity contribution in [3.8, 4) is 11.8 Å². The predicted molar refractivity (Wildman–Crippen MR) is 86.6 cm³/mol. The van der Waals surface area contributed by atoms with Crippen LogP contribution in [0.4, 0.5) is 0 Å². The number of esters is 2. The number of hydrogen-bond donors (Lipinski definition) is 0. The fraction of sp³-hybridized carbons (Fsp3) is 0.176. The molecule has 0 unspecified atom stereocenters. The van der Waals surface area contributed by atoms with Crippen LogP contribution in [0, 0.1) is 11.8 Å². The van der Waals surface area contributed by atoms with Gasteiger partial charge in [-0.15, -0.1) is 0 Å². The predicted octanol–water partition coefficient (Wildman–Crippen LogP) is 2.52. The van der Waals surface area contributed by atoms with Crippen LogP contribution in [-0.4, -0.2) is 35.1 Å². The SMILES string of the molecule is CCOC(=O)c1cncc(C#CCOC(=O)c2ccc(Cl)cn2)c1. The molecule has 0 atom stereocenters. The minimum Gasteiger partial charge on any atom is -0.462 e. The highest BCUT2D eigenvalue weighted by Crippen LogP contribution is 2.07. The van der Waals surface area contributed by atoms with Crippen LogP contribution in [0.25, 0.3) is 0 Å². The van der Waals surface area contributed by atoms with Gasteiger partial charge in [0.05, 0.1) is 17.2 Å². The molecule has 24 heavy (non-hydrogen) atoms. The first-order valence-corrected chi connectivity index (χ1v) is 7.37. The molecule has 0 saturated carbocycles. The summed E-state index contributed by atoms with van der Waals surface area (Å²) in [5.41, 5.74) is 0.972. The molecule has 0 bridgehead atoms. The highest BCUT2D eigenvalue weighted by molar-refractivity contribution is 6.30. The van der Waals surface area contributed by atoms with E-state index in [0.717, 1.165) is 0 Å². The van der Waals surface area contributed by atoms with Crippen molar-refractivity contribution < 1.29 is 19.1 Å². The molecule has 0 amide bonds. The highest BCUT2D eigenvalue weighted by Gasteiger charge is 2.08. The summed E-state index contributed by atoms with van der Waals surface area (Å²) in [5.74, 6) is 4.37. The van der Waals surface area contributed by atoms with E-state index in [1.807, 2.05) is 0 Å². The molecule has 2 aromatic rings. The Hall–Kier alpha value is -2.91. The minimum atomic E-state index is -0.598. The summed E-state index contributed by atoms with van der Waals surface area (Å²) in [4.78, 5) is 31.1. The minimum absolute atomic E-state index is 0.118. The summed E-state index contributed by atoms with van der Waals surface area (Å²) in [6, 6.07) is 4.56. The highest BCUT2D eigenvalue weighted by atomic mass is 35.5. The molecular formula is C17H13ClN2O4. The van der Waals surface area contributed by atoms with Crippen molar-refractivity contribution in [1.82, 2.24) is 9.97 Å². The number of hydrogen-bond acceptors (Lipinski definition) is 6. The van der Waals surface area contributed by atoms with Gasteiger partial charge >= 0.3 is 11.9 Å². The third-order valence-electron chi connectivity index (χ3n) is 2.69. The zero-order valence-electron chi connectivity index (χ0n) is 12.8. The van der Waals surface area contributed by atoms with Crippen molar-refractivity contribution in [3.63, 3.8) is 0 Å². The second-order valence-electron chi connectivity index (χ2n) is 4.42. The lowest BCUT2D eigenvalue weighted by molar-refractivity contribution is 0.0523. The maximum atomic E-state index is 11.7. The van der Waals surface area contributed by atoms with E-state index in [-0.39, 0.29) is 18.9 Å². The molecule has 0 aliphatic heterocycles. The molecule has 0 fully saturated rings. The van der Waals surface area contributed by atoms with E-state index < -0.39 is 11.9 Å². The summed E-state index contributed by atoms with van der Waals surface area (Å²) in [7, 11) is 0. The lowest BCUT2D eigenvalue weighted by atomic mass is 10.2. The zero-order valence-corrected chi connectivity index (χ0v) is 13.5. The number of rotatable bonds is 4. The lowest BCUT2D eigenvalue weighted by Crippen LogP contribution is -2.07. The Morgan fingerprint density at radius 1 is 1.17 bits per heavy atom. The molecule has 0 saturated heterocycles. The van der Waals surface area contributed by atoms with Gasteiger partial charge < -0.3 is 9.47 Å². The second-order valence-corrected chi connectivity index (χ2v) is 4.86. The Morgan fingerprint density at radius 2 is 2.00 bits per heavy atom. The molecule has 0 aliphatic carbocycles. The van der Waals surface area contributed by atoms with E-state index in [1.165, 1.54) is 24.7 Å². The van der Waals surface area contributed by atoms with Crippen molar-refractivity contribution >= 4 is 23.5 Å². The first kappa shape index (κ1) is 17.4. The van der Waals surface area contributed by atoms with Crippen LogP contribution in [0.2, 0.25) is 5.02 Å². The van der Waals surface area contributed by atoms with Crippen LogP contribution in [-0.2, 0) is 9.47 Å². The summed E-state index contributed by atoms with van der Waals surface area (Å²) >= 11 is 5.69. The lowest BCUT2D eigenvalue weighted by Gasteiger charge is -2.01. The molecule has 0 aromatic carbocycles. The average molecular weight is 345 g/mol. The molecule has 2 heterocycles. The van der Waals surface area contributed by atoms with Gasteiger partial charge in [0.1, 0.15) is 5.69 Å². The summed E-state index contributed by atoms with van der Waals surface area (Å²) in [6.45, 7) is 1.88. The molecule has 122 valence electrons. The smallest absolute Gasteiger partial charge is 0.357 e. The van der Waals surface area contributed by atoms with Crippen molar-refractivity contribution in [1.29, 1.82) is 0 Å². The average Bonchev–Trinajstić information content (AvgIpc) is 2.59. The molecule has 6 nitrogen and oxygen atoms in total. The van der Waals surface area contributed by atoms with Crippen molar-refractivity contribution in [2.75, 3.05) is 13.2 Å². The number of aromatic nitrogens is 2. The van der Waals surface area contributed by atoms with E-state index in [4.69, 9.17) is 21.1 Å². The standard InChI is InChI=1S/C17H13ClN2O4/c1-2-23-16(21)13-8-12(9-19-10-13)4-3-7-24-17(22)15-6-5-14(18)11-20-15/h5-6,8-11H,2,7H2,1H3. The third kappa shape index (κ3) is 5.07. The maximum Gasteiger partial charge on any atom is 0.357 e. The molecule has 0 aliphatic rings. The molecular weight excluding hydrogens is 332 g/mol. The topological polar surface area (TPSA) is 78.4 Å². The fourth-order valence-electron chi connectivity index (χ4n) is 1.64. The monoisotopic (exact) mass is 344 g/mol. The molecule has 0 spiro atoms. The van der Waals surface area contributed by atoms with E-state index in [0.29, 0.717) is 16.1 Å². The van der Waals surface area contributed by atoms with Gasteiger partial charge in [-0.05, 0) is 25.1 Å². The fourth-order valence-corrected chi connectivity index (χ4v) is 1.76. The number of halogens is 1. The Labute approximate surface area is 143 Å². The van der Waals surface area contributed by atoms with Crippen LogP contribution in [0.15, 0.2) is 36.8 Å². The number of nitrogens with zero attached hydrogens (tertiary/aromatic N) is 2. The number of pyridine rings is 2. The molecule has 7 heteroatoms. The van der Waals surface area contributed by atoms with E-state index in [1.54, 1.807) is 19.1 Å². The Morgan fingerprint density at radius 3 is 2.71 bits per heavy atom. The van der Waals surface area contributed by atoms with Crippen molar-refractivity contribution in [3.05, 3.63) is 58.6 Å². The van der Waals surface area contributed by atoms with Crippen LogP contribution in [0.3, 0.4) is 0 Å². The summed E-state index contributed by atoms with van der Waals surface area (Å²) < 4.78 is 9.86. The largest absolute Gasteiger partial charge is 0.462 e. The van der Waals surface area contributed by atoms with Crippen LogP contribution in [0.1, 0.15) is 33.3 Å². The maximum absolute atomic E-state index is 11.7. The molecule has 2 rings (SSSR count). The van der Waals surface area contributed by atoms with Gasteiger partial charge in [0.25, 0.3) is 0 Å². The Bertz CT molecular complexity index is 794.